The van der Waals surface area contributed by atoms with Crippen molar-refractivity contribution >= 4 is 0 Å². The number of nitrogens with zero attached hydrogens (tertiary/aromatic N) is 1. The van der Waals surface area contributed by atoms with Crippen molar-refractivity contribution in [2.45, 2.75) is 37.8 Å². The van der Waals surface area contributed by atoms with E-state index in [4.69, 9.17) is 9.47 Å². The number of hydrogen-bond donors (Lipinski definition) is 2. The summed E-state index contributed by atoms with van der Waals surface area (Å²) >= 11 is 0. The Labute approximate surface area is 161 Å². The molecule has 0 bridgehead atoms. The first-order valence-corrected chi connectivity index (χ1v) is 9.51. The van der Waals surface area contributed by atoms with Crippen LogP contribution in [0.4, 0.5) is 0 Å². The van der Waals surface area contributed by atoms with Crippen LogP contribution in [0.15, 0.2) is 42.5 Å². The van der Waals surface area contributed by atoms with Gasteiger partial charge in [-0.1, -0.05) is 24.3 Å². The molecule has 5 nitrogen and oxygen atoms in total. The Balaban J connectivity index is 1.56. The molecular weight excluding hydrogens is 342 g/mol. The van der Waals surface area contributed by atoms with Gasteiger partial charge in [-0.3, -0.25) is 0 Å². The predicted octanol–water partition coefficient (Wildman–Crippen LogP) is 3.02. The van der Waals surface area contributed by atoms with Crippen LogP contribution >= 0.6 is 0 Å². The number of para-hydroxylation sites is 1. The third-order valence-electron chi connectivity index (χ3n) is 5.27. The largest absolute Gasteiger partial charge is 0.504 e. The number of aryl methyl sites for hydroxylation is 2. The second-order valence-corrected chi connectivity index (χ2v) is 7.23. The average Bonchev–Trinajstić information content (AvgIpc) is 2.99. The number of rotatable bonds is 8. The number of aliphatic hydroxyl groups excluding tert-OH is 1. The molecule has 1 fully saturated rings. The van der Waals surface area contributed by atoms with Crippen molar-refractivity contribution in [1.29, 1.82) is 0 Å². The fourth-order valence-electron chi connectivity index (χ4n) is 3.70. The fraction of sp³-hybridized carbons (Fsp3) is 0.455. The van der Waals surface area contributed by atoms with Crippen molar-refractivity contribution in [1.82, 2.24) is 4.90 Å². The highest BCUT2D eigenvalue weighted by Crippen LogP contribution is 2.28. The molecule has 2 N–H and O–H groups in total. The molecule has 2 atom stereocenters. The van der Waals surface area contributed by atoms with Crippen LogP contribution in [0.1, 0.15) is 24.0 Å². The zero-order valence-corrected chi connectivity index (χ0v) is 16.1. The zero-order chi connectivity index (χ0) is 19.2. The molecule has 1 aliphatic heterocycles. The molecule has 0 amide bonds. The summed E-state index contributed by atoms with van der Waals surface area (Å²) < 4.78 is 11.2. The van der Waals surface area contributed by atoms with E-state index in [0.717, 1.165) is 43.5 Å². The third-order valence-corrected chi connectivity index (χ3v) is 5.27. The Bertz CT molecular complexity index is 749. The highest BCUT2D eigenvalue weighted by atomic mass is 16.5. The Hall–Kier alpha value is -2.24. The monoisotopic (exact) mass is 371 g/mol. The minimum absolute atomic E-state index is 0.159. The first kappa shape index (κ1) is 19.5. The predicted molar refractivity (Wildman–Crippen MR) is 106 cm³/mol. The van der Waals surface area contributed by atoms with Gasteiger partial charge in [0, 0.05) is 12.6 Å². The second-order valence-electron chi connectivity index (χ2n) is 7.23. The number of phenolic OH excluding ortho intramolecular Hbond substituents is 1. The van der Waals surface area contributed by atoms with Gasteiger partial charge in [-0.15, -0.1) is 0 Å². The first-order valence-electron chi connectivity index (χ1n) is 9.51. The molecule has 0 radical (unpaired) electrons. The number of benzene rings is 2. The van der Waals surface area contributed by atoms with Gasteiger partial charge in [0.25, 0.3) is 0 Å². The smallest absolute Gasteiger partial charge is 0.160 e. The molecule has 1 aliphatic rings. The van der Waals surface area contributed by atoms with Crippen LogP contribution < -0.4 is 9.47 Å². The molecule has 3 rings (SSSR count). The molecule has 2 aromatic carbocycles. The molecule has 0 unspecified atom stereocenters. The number of β-amino-alcohol motifs (C(OH)–C–C–N with tert-alkyl or cyclic N) is 1. The molecule has 5 heteroatoms. The molecular formula is C22H29NO4. The van der Waals surface area contributed by atoms with Gasteiger partial charge in [-0.25, -0.2) is 0 Å². The molecule has 0 spiro atoms. The van der Waals surface area contributed by atoms with E-state index in [1.165, 1.54) is 5.56 Å². The summed E-state index contributed by atoms with van der Waals surface area (Å²) in [5.41, 5.74) is 2.28. The number of methoxy groups -OCH3 is 1. The van der Waals surface area contributed by atoms with E-state index in [-0.39, 0.29) is 11.9 Å². The number of likely N-dealkylation sites (N-methyl/N-ethyl adjacent to an activating group) is 1. The highest BCUT2D eigenvalue weighted by molar-refractivity contribution is 5.42. The lowest BCUT2D eigenvalue weighted by Crippen LogP contribution is -2.26. The number of aromatic hydroxyl groups is 1. The number of likely N-dealkylation sites (tertiary alicyclic amines) is 1. The number of phenols is 1. The lowest BCUT2D eigenvalue weighted by molar-refractivity contribution is 0.182. The van der Waals surface area contributed by atoms with Gasteiger partial charge < -0.3 is 24.6 Å². The zero-order valence-electron chi connectivity index (χ0n) is 16.1. The van der Waals surface area contributed by atoms with Crippen molar-refractivity contribution < 1.29 is 19.7 Å². The van der Waals surface area contributed by atoms with Crippen molar-refractivity contribution in [3.63, 3.8) is 0 Å². The van der Waals surface area contributed by atoms with Gasteiger partial charge in [0.15, 0.2) is 11.5 Å². The molecule has 1 heterocycles. The van der Waals surface area contributed by atoms with Gasteiger partial charge in [-0.2, -0.15) is 0 Å². The van der Waals surface area contributed by atoms with Crippen LogP contribution in [-0.4, -0.2) is 54.6 Å². The first-order chi connectivity index (χ1) is 13.1. The van der Waals surface area contributed by atoms with Crippen LogP contribution in [0.5, 0.6) is 17.2 Å². The topological polar surface area (TPSA) is 62.2 Å². The van der Waals surface area contributed by atoms with Crippen LogP contribution in [0.25, 0.3) is 0 Å². The Morgan fingerprint density at radius 2 is 1.93 bits per heavy atom. The van der Waals surface area contributed by atoms with Crippen LogP contribution in [0.2, 0.25) is 0 Å². The van der Waals surface area contributed by atoms with Crippen molar-refractivity contribution in [3.8, 4) is 17.2 Å². The maximum Gasteiger partial charge on any atom is 0.160 e. The molecule has 146 valence electrons. The van der Waals surface area contributed by atoms with E-state index in [9.17, 15) is 10.2 Å². The summed E-state index contributed by atoms with van der Waals surface area (Å²) in [6.07, 6.45) is 3.22. The summed E-state index contributed by atoms with van der Waals surface area (Å²) in [7, 11) is 3.61. The van der Waals surface area contributed by atoms with Gasteiger partial charge in [0.2, 0.25) is 0 Å². The fourth-order valence-corrected chi connectivity index (χ4v) is 3.70. The van der Waals surface area contributed by atoms with Crippen molar-refractivity contribution in [2.75, 3.05) is 27.3 Å². The molecule has 1 saturated heterocycles. The molecule has 0 saturated carbocycles. The summed E-state index contributed by atoms with van der Waals surface area (Å²) in [5, 5.41) is 19.5. The summed E-state index contributed by atoms with van der Waals surface area (Å²) in [5.74, 6) is 1.58. The maximum atomic E-state index is 9.76. The molecule has 27 heavy (non-hydrogen) atoms. The number of hydrogen-bond acceptors (Lipinski definition) is 5. The van der Waals surface area contributed by atoms with Gasteiger partial charge in [-0.05, 0) is 62.1 Å². The Morgan fingerprint density at radius 1 is 1.11 bits per heavy atom. The van der Waals surface area contributed by atoms with E-state index in [2.05, 4.69) is 18.0 Å². The van der Waals surface area contributed by atoms with E-state index >= 15 is 0 Å². The van der Waals surface area contributed by atoms with Gasteiger partial charge in [0.1, 0.15) is 5.75 Å². The van der Waals surface area contributed by atoms with E-state index in [1.807, 2.05) is 30.3 Å². The van der Waals surface area contributed by atoms with Crippen molar-refractivity contribution in [3.05, 3.63) is 53.6 Å². The average molecular weight is 371 g/mol. The maximum absolute atomic E-state index is 9.76. The summed E-state index contributed by atoms with van der Waals surface area (Å²) in [6, 6.07) is 14.0. The minimum Gasteiger partial charge on any atom is -0.504 e. The van der Waals surface area contributed by atoms with Crippen LogP contribution in [-0.2, 0) is 12.8 Å². The summed E-state index contributed by atoms with van der Waals surface area (Å²) in [6.45, 7) is 1.39. The lowest BCUT2D eigenvalue weighted by Gasteiger charge is -2.19. The Kier molecular flexibility index (Phi) is 6.58. The molecule has 0 aliphatic carbocycles. The Morgan fingerprint density at radius 3 is 2.67 bits per heavy atom. The number of aliphatic hydroxyl groups is 1. The quantitative estimate of drug-likeness (QED) is 0.747. The standard InChI is InChI=1S/C22H29NO4/c1-23-15-19(24)14-18(23)11-12-27-21-6-4-3-5-17(21)9-7-16-8-10-20(25)22(13-16)26-2/h3-6,8,10,13,18-19,24-25H,7,9,11-12,14-15H2,1-2H3/t18-,19-/m1/s1. The highest BCUT2D eigenvalue weighted by Gasteiger charge is 2.27. The molecule has 2 aromatic rings. The van der Waals surface area contributed by atoms with E-state index in [0.29, 0.717) is 18.4 Å². The second kappa shape index (κ2) is 9.11. The van der Waals surface area contributed by atoms with Gasteiger partial charge >= 0.3 is 0 Å². The molecule has 0 aromatic heterocycles. The lowest BCUT2D eigenvalue weighted by atomic mass is 10.0. The minimum atomic E-state index is -0.213. The third kappa shape index (κ3) is 5.15. The van der Waals surface area contributed by atoms with Gasteiger partial charge in [0.05, 0.1) is 19.8 Å². The summed E-state index contributed by atoms with van der Waals surface area (Å²) in [4.78, 5) is 2.21. The number of ether oxygens (including phenoxy) is 2. The van der Waals surface area contributed by atoms with E-state index < -0.39 is 0 Å². The van der Waals surface area contributed by atoms with E-state index in [1.54, 1.807) is 13.2 Å². The van der Waals surface area contributed by atoms with Crippen LogP contribution in [0.3, 0.4) is 0 Å². The SMILES string of the molecule is COc1cc(CCc2ccccc2OCC[C@@H]2C[C@@H](O)CN2C)ccc1O. The van der Waals surface area contributed by atoms with Crippen LogP contribution in [0, 0.1) is 0 Å². The van der Waals surface area contributed by atoms with Crippen molar-refractivity contribution in [2.24, 2.45) is 0 Å². The normalized spacial score (nSPS) is 20.0.